The molecule has 6 nitrogen and oxygen atoms in total. The largest absolute Gasteiger partial charge is 0.469 e. The molecule has 0 aliphatic rings. The minimum atomic E-state index is -4.44. The second-order valence-corrected chi connectivity index (χ2v) is 4.68. The van der Waals surface area contributed by atoms with Gasteiger partial charge in [-0.05, 0) is 25.7 Å². The summed E-state index contributed by atoms with van der Waals surface area (Å²) < 4.78 is 14.2. The Kier molecular flexibility index (Phi) is 13.4. The highest BCUT2D eigenvalue weighted by Gasteiger charge is 2.11. The zero-order valence-electron chi connectivity index (χ0n) is 11.7. The maximum absolute atomic E-state index is 10.1. The van der Waals surface area contributed by atoms with Crippen LogP contribution in [0.25, 0.3) is 0 Å². The lowest BCUT2D eigenvalue weighted by Crippen LogP contribution is -2.21. The standard InChI is InChI=1S/C6H15N.C6H9O5P/c1-4-7(5-2)6-3;1-2-6(5-7)3-4-11-12(8,9)10/h4-6H2,1-3H3;1,3,7H,4-5H2,(H2,8,9,10)/b;6-3+. The Hall–Kier alpha value is -0.670. The average molecular weight is 293 g/mol. The van der Waals surface area contributed by atoms with Crippen molar-refractivity contribution in [2.24, 2.45) is 0 Å². The molecule has 0 aliphatic heterocycles. The third kappa shape index (κ3) is 15.3. The van der Waals surface area contributed by atoms with E-state index < -0.39 is 7.82 Å². The number of aliphatic hydroxyl groups excluding tert-OH is 1. The summed E-state index contributed by atoms with van der Waals surface area (Å²) in [7, 11) is -4.44. The summed E-state index contributed by atoms with van der Waals surface area (Å²) in [6.45, 7) is 9.46. The molecular weight excluding hydrogens is 269 g/mol. The number of hydrogen-bond donors (Lipinski definition) is 3. The van der Waals surface area contributed by atoms with Gasteiger partial charge in [0.2, 0.25) is 0 Å². The van der Waals surface area contributed by atoms with Crippen molar-refractivity contribution in [3.05, 3.63) is 11.6 Å². The molecule has 0 atom stereocenters. The summed E-state index contributed by atoms with van der Waals surface area (Å²) >= 11 is 0. The van der Waals surface area contributed by atoms with Gasteiger partial charge in [0.1, 0.15) is 0 Å². The number of rotatable bonds is 7. The Morgan fingerprint density at radius 3 is 2.00 bits per heavy atom. The van der Waals surface area contributed by atoms with Crippen LogP contribution in [0.2, 0.25) is 0 Å². The smallest absolute Gasteiger partial charge is 0.391 e. The molecule has 0 saturated heterocycles. The molecule has 0 aromatic carbocycles. The molecule has 0 unspecified atom stereocenters. The lowest BCUT2D eigenvalue weighted by molar-refractivity contribution is 0.215. The van der Waals surface area contributed by atoms with Gasteiger partial charge in [0.05, 0.1) is 13.2 Å². The van der Waals surface area contributed by atoms with Crippen LogP contribution in [0.4, 0.5) is 0 Å². The molecule has 0 aromatic heterocycles. The predicted molar refractivity (Wildman–Crippen MR) is 75.5 cm³/mol. The summed E-state index contributed by atoms with van der Waals surface area (Å²) in [6.07, 6.45) is 6.13. The van der Waals surface area contributed by atoms with Gasteiger partial charge >= 0.3 is 7.82 Å². The first kappa shape index (κ1) is 20.6. The summed E-state index contributed by atoms with van der Waals surface area (Å²) in [6, 6.07) is 0. The van der Waals surface area contributed by atoms with Crippen LogP contribution in [0.3, 0.4) is 0 Å². The molecule has 0 bridgehead atoms. The van der Waals surface area contributed by atoms with E-state index in [-0.39, 0.29) is 18.8 Å². The minimum absolute atomic E-state index is 0.225. The Morgan fingerprint density at radius 2 is 1.79 bits per heavy atom. The maximum atomic E-state index is 10.1. The van der Waals surface area contributed by atoms with Crippen LogP contribution in [-0.2, 0) is 9.09 Å². The molecule has 0 fully saturated rings. The van der Waals surface area contributed by atoms with E-state index in [0.717, 1.165) is 0 Å². The number of aliphatic hydroxyl groups is 1. The topological polar surface area (TPSA) is 90.2 Å². The first-order valence-corrected chi connectivity index (χ1v) is 7.56. The average Bonchev–Trinajstić information content (AvgIpc) is 2.36. The van der Waals surface area contributed by atoms with E-state index in [1.54, 1.807) is 0 Å². The molecule has 3 N–H and O–H groups in total. The normalized spacial score (nSPS) is 11.8. The van der Waals surface area contributed by atoms with Crippen molar-refractivity contribution in [2.45, 2.75) is 20.8 Å². The summed E-state index contributed by atoms with van der Waals surface area (Å²) in [5, 5.41) is 8.50. The summed E-state index contributed by atoms with van der Waals surface area (Å²) in [4.78, 5) is 18.8. The van der Waals surface area contributed by atoms with Crippen LogP contribution >= 0.6 is 7.82 Å². The van der Waals surface area contributed by atoms with Gasteiger partial charge in [0.25, 0.3) is 0 Å². The van der Waals surface area contributed by atoms with Crippen LogP contribution in [-0.4, -0.2) is 52.6 Å². The molecule has 0 aliphatic carbocycles. The number of phosphoric ester groups is 1. The van der Waals surface area contributed by atoms with Gasteiger partial charge in [-0.2, -0.15) is 0 Å². The van der Waals surface area contributed by atoms with Crippen molar-refractivity contribution in [3.8, 4) is 12.3 Å². The summed E-state index contributed by atoms with van der Waals surface area (Å²) in [5.74, 6) is 2.12. The fourth-order valence-corrected chi connectivity index (χ4v) is 1.34. The number of terminal acetylenes is 1. The zero-order valence-corrected chi connectivity index (χ0v) is 12.6. The monoisotopic (exact) mass is 293 g/mol. The second-order valence-electron chi connectivity index (χ2n) is 3.44. The highest BCUT2D eigenvalue weighted by Crippen LogP contribution is 2.35. The Morgan fingerprint density at radius 1 is 1.32 bits per heavy atom. The van der Waals surface area contributed by atoms with E-state index in [0.29, 0.717) is 0 Å². The Labute approximate surface area is 115 Å². The van der Waals surface area contributed by atoms with Gasteiger partial charge in [-0.3, -0.25) is 4.52 Å². The minimum Gasteiger partial charge on any atom is -0.391 e. The lowest BCUT2D eigenvalue weighted by Gasteiger charge is -2.13. The molecule has 0 saturated carbocycles. The van der Waals surface area contributed by atoms with E-state index >= 15 is 0 Å². The van der Waals surface area contributed by atoms with Crippen LogP contribution in [0.5, 0.6) is 0 Å². The first-order valence-electron chi connectivity index (χ1n) is 6.03. The molecule has 0 radical (unpaired) electrons. The van der Waals surface area contributed by atoms with Crippen molar-refractivity contribution < 1.29 is 24.0 Å². The van der Waals surface area contributed by atoms with Gasteiger partial charge < -0.3 is 19.8 Å². The van der Waals surface area contributed by atoms with Gasteiger partial charge in [0.15, 0.2) is 0 Å². The molecule has 112 valence electrons. The predicted octanol–water partition coefficient (Wildman–Crippen LogP) is 0.996. The van der Waals surface area contributed by atoms with Crippen molar-refractivity contribution in [3.63, 3.8) is 0 Å². The van der Waals surface area contributed by atoms with Crippen molar-refractivity contribution in [1.82, 2.24) is 4.90 Å². The number of nitrogens with zero attached hydrogens (tertiary/aromatic N) is 1. The third-order valence-electron chi connectivity index (χ3n) is 2.27. The first-order chi connectivity index (χ1) is 8.84. The van der Waals surface area contributed by atoms with E-state index in [1.165, 1.54) is 25.7 Å². The molecular formula is C12H24NO5P. The quantitative estimate of drug-likeness (QED) is 0.479. The molecule has 0 amide bonds. The van der Waals surface area contributed by atoms with Crippen LogP contribution in [0.1, 0.15) is 20.8 Å². The zero-order chi connectivity index (χ0) is 15.3. The second kappa shape index (κ2) is 12.4. The van der Waals surface area contributed by atoms with Gasteiger partial charge in [-0.1, -0.05) is 26.7 Å². The molecule has 0 heterocycles. The van der Waals surface area contributed by atoms with Gasteiger partial charge in [0, 0.05) is 5.57 Å². The SMILES string of the molecule is C#C/C(=C\COP(=O)(O)O)CO.CCN(CC)CC. The third-order valence-corrected chi connectivity index (χ3v) is 2.76. The number of phosphoric acid groups is 1. The maximum Gasteiger partial charge on any atom is 0.469 e. The fourth-order valence-electron chi connectivity index (χ4n) is 1.07. The van der Waals surface area contributed by atoms with Crippen molar-refractivity contribution >= 4 is 7.82 Å². The van der Waals surface area contributed by atoms with E-state index in [2.05, 4.69) is 36.1 Å². The highest BCUT2D eigenvalue weighted by atomic mass is 31.2. The van der Waals surface area contributed by atoms with Crippen LogP contribution in [0, 0.1) is 12.3 Å². The molecule has 19 heavy (non-hydrogen) atoms. The van der Waals surface area contributed by atoms with Gasteiger partial charge in [-0.25, -0.2) is 4.57 Å². The Balaban J connectivity index is 0. The van der Waals surface area contributed by atoms with Crippen molar-refractivity contribution in [1.29, 1.82) is 0 Å². The highest BCUT2D eigenvalue weighted by molar-refractivity contribution is 7.46. The fraction of sp³-hybridized carbons (Fsp3) is 0.667. The Bertz CT molecular complexity index is 322. The van der Waals surface area contributed by atoms with E-state index in [1.807, 2.05) is 0 Å². The van der Waals surface area contributed by atoms with Gasteiger partial charge in [-0.15, -0.1) is 6.42 Å². The molecule has 0 spiro atoms. The lowest BCUT2D eigenvalue weighted by atomic mass is 10.3. The van der Waals surface area contributed by atoms with Crippen LogP contribution in [0.15, 0.2) is 11.6 Å². The van der Waals surface area contributed by atoms with Crippen LogP contribution < -0.4 is 0 Å². The molecule has 0 rings (SSSR count). The molecule has 7 heteroatoms. The number of hydrogen-bond acceptors (Lipinski definition) is 4. The van der Waals surface area contributed by atoms with E-state index in [9.17, 15) is 4.57 Å². The van der Waals surface area contributed by atoms with Crippen molar-refractivity contribution in [2.75, 3.05) is 32.8 Å². The summed E-state index contributed by atoms with van der Waals surface area (Å²) in [5.41, 5.74) is 0.225. The molecule has 0 aromatic rings. The van der Waals surface area contributed by atoms with E-state index in [4.69, 9.17) is 21.3 Å².